The summed E-state index contributed by atoms with van der Waals surface area (Å²) in [6.07, 6.45) is 5.12. The first-order chi connectivity index (χ1) is 7.70. The Morgan fingerprint density at radius 3 is 2.94 bits per heavy atom. The quantitative estimate of drug-likeness (QED) is 0.853. The van der Waals surface area contributed by atoms with Crippen LogP contribution in [0, 0.1) is 0 Å². The highest BCUT2D eigenvalue weighted by atomic mass is 16.3. The van der Waals surface area contributed by atoms with E-state index in [1.54, 1.807) is 12.5 Å². The molecule has 1 atom stereocenters. The summed E-state index contributed by atoms with van der Waals surface area (Å²) in [6, 6.07) is 3.98. The van der Waals surface area contributed by atoms with Gasteiger partial charge in [-0.25, -0.2) is 0 Å². The molecule has 0 bridgehead atoms. The van der Waals surface area contributed by atoms with Crippen molar-refractivity contribution in [2.75, 3.05) is 0 Å². The lowest BCUT2D eigenvalue weighted by atomic mass is 10.1. The summed E-state index contributed by atoms with van der Waals surface area (Å²) in [5, 5.41) is 4.39. The maximum absolute atomic E-state index is 6.15. The van der Waals surface area contributed by atoms with Crippen LogP contribution < -0.4 is 5.73 Å². The normalized spacial score (nSPS) is 12.9. The van der Waals surface area contributed by atoms with Crippen molar-refractivity contribution >= 4 is 0 Å². The first kappa shape index (κ1) is 11.0. The van der Waals surface area contributed by atoms with Crippen LogP contribution in [-0.4, -0.2) is 9.78 Å². The number of furan rings is 1. The number of aromatic nitrogens is 2. The van der Waals surface area contributed by atoms with Gasteiger partial charge in [0.25, 0.3) is 0 Å². The number of hydrogen-bond donors (Lipinski definition) is 1. The van der Waals surface area contributed by atoms with E-state index in [-0.39, 0.29) is 6.04 Å². The molecule has 0 spiro atoms. The fourth-order valence-corrected chi connectivity index (χ4v) is 1.83. The molecule has 2 aromatic heterocycles. The van der Waals surface area contributed by atoms with Gasteiger partial charge < -0.3 is 10.2 Å². The van der Waals surface area contributed by atoms with Crippen molar-refractivity contribution in [3.63, 3.8) is 0 Å². The molecule has 2 N–H and O–H groups in total. The van der Waals surface area contributed by atoms with Crippen molar-refractivity contribution in [3.05, 3.63) is 41.6 Å². The first-order valence-electron chi connectivity index (χ1n) is 5.50. The number of nitrogens with two attached hydrogens (primary N) is 1. The third-order valence-corrected chi connectivity index (χ3v) is 2.74. The van der Waals surface area contributed by atoms with Crippen LogP contribution in [0.4, 0.5) is 0 Å². The molecule has 0 radical (unpaired) electrons. The summed E-state index contributed by atoms with van der Waals surface area (Å²) in [4.78, 5) is 0. The van der Waals surface area contributed by atoms with Gasteiger partial charge in [0.2, 0.25) is 0 Å². The lowest BCUT2D eigenvalue weighted by Crippen LogP contribution is -2.16. The Balaban J connectivity index is 2.14. The Bertz CT molecular complexity index is 445. The molecule has 86 valence electrons. The van der Waals surface area contributed by atoms with Gasteiger partial charge in [0, 0.05) is 7.05 Å². The zero-order chi connectivity index (χ0) is 11.5. The minimum Gasteiger partial charge on any atom is -0.472 e. The Kier molecular flexibility index (Phi) is 3.10. The maximum Gasteiger partial charge on any atom is 0.0935 e. The van der Waals surface area contributed by atoms with E-state index in [1.165, 1.54) is 0 Å². The van der Waals surface area contributed by atoms with Crippen molar-refractivity contribution in [1.29, 1.82) is 0 Å². The van der Waals surface area contributed by atoms with E-state index >= 15 is 0 Å². The van der Waals surface area contributed by atoms with Gasteiger partial charge in [-0.05, 0) is 30.5 Å². The van der Waals surface area contributed by atoms with E-state index in [9.17, 15) is 0 Å². The molecular weight excluding hydrogens is 202 g/mol. The predicted molar refractivity (Wildman–Crippen MR) is 61.9 cm³/mol. The standard InChI is InChI=1S/C12H17N3O/c1-3-10-7-12(15(2)14-10)11(13)6-9-4-5-16-8-9/h4-5,7-8,11H,3,6,13H2,1-2H3. The van der Waals surface area contributed by atoms with Gasteiger partial charge in [-0.1, -0.05) is 6.92 Å². The molecule has 2 rings (SSSR count). The molecule has 0 aliphatic rings. The second kappa shape index (κ2) is 4.53. The second-order valence-electron chi connectivity index (χ2n) is 3.98. The maximum atomic E-state index is 6.15. The zero-order valence-corrected chi connectivity index (χ0v) is 9.68. The largest absolute Gasteiger partial charge is 0.472 e. The average molecular weight is 219 g/mol. The van der Waals surface area contributed by atoms with Crippen molar-refractivity contribution in [1.82, 2.24) is 9.78 Å². The molecule has 0 amide bonds. The molecule has 0 aliphatic heterocycles. The minimum absolute atomic E-state index is 0.0320. The van der Waals surface area contributed by atoms with E-state index in [1.807, 2.05) is 17.8 Å². The van der Waals surface area contributed by atoms with E-state index in [2.05, 4.69) is 18.1 Å². The summed E-state index contributed by atoms with van der Waals surface area (Å²) in [5.41, 5.74) is 9.42. The molecular formula is C12H17N3O. The third kappa shape index (κ3) is 2.17. The Morgan fingerprint density at radius 1 is 1.56 bits per heavy atom. The predicted octanol–water partition coefficient (Wildman–Crippen LogP) is 1.82. The van der Waals surface area contributed by atoms with Gasteiger partial charge in [0.1, 0.15) is 0 Å². The van der Waals surface area contributed by atoms with Crippen LogP contribution in [-0.2, 0) is 19.9 Å². The van der Waals surface area contributed by atoms with Crippen molar-refractivity contribution < 1.29 is 4.42 Å². The van der Waals surface area contributed by atoms with Gasteiger partial charge in [-0.15, -0.1) is 0 Å². The van der Waals surface area contributed by atoms with E-state index in [0.29, 0.717) is 0 Å². The average Bonchev–Trinajstić information content (AvgIpc) is 2.87. The smallest absolute Gasteiger partial charge is 0.0935 e. The molecule has 0 fully saturated rings. The summed E-state index contributed by atoms with van der Waals surface area (Å²) < 4.78 is 6.89. The summed E-state index contributed by atoms with van der Waals surface area (Å²) in [7, 11) is 1.93. The topological polar surface area (TPSA) is 57.0 Å². The van der Waals surface area contributed by atoms with Crippen LogP contribution in [0.15, 0.2) is 29.1 Å². The van der Waals surface area contributed by atoms with E-state index in [4.69, 9.17) is 10.2 Å². The van der Waals surface area contributed by atoms with Gasteiger partial charge in [0.05, 0.1) is 30.0 Å². The molecule has 0 saturated carbocycles. The molecule has 0 saturated heterocycles. The number of nitrogens with zero attached hydrogens (tertiary/aromatic N) is 2. The summed E-state index contributed by atoms with van der Waals surface area (Å²) >= 11 is 0. The lowest BCUT2D eigenvalue weighted by molar-refractivity contribution is 0.558. The fourth-order valence-electron chi connectivity index (χ4n) is 1.83. The Hall–Kier alpha value is -1.55. The number of rotatable bonds is 4. The van der Waals surface area contributed by atoms with Gasteiger partial charge in [-0.3, -0.25) is 4.68 Å². The summed E-state index contributed by atoms with van der Waals surface area (Å²) in [6.45, 7) is 2.09. The Morgan fingerprint density at radius 2 is 2.38 bits per heavy atom. The van der Waals surface area contributed by atoms with Crippen LogP contribution in [0.2, 0.25) is 0 Å². The molecule has 4 heteroatoms. The SMILES string of the molecule is CCc1cc(C(N)Cc2ccoc2)n(C)n1. The molecule has 4 nitrogen and oxygen atoms in total. The highest BCUT2D eigenvalue weighted by Gasteiger charge is 2.13. The highest BCUT2D eigenvalue weighted by Crippen LogP contribution is 2.17. The van der Waals surface area contributed by atoms with E-state index < -0.39 is 0 Å². The zero-order valence-electron chi connectivity index (χ0n) is 9.68. The first-order valence-corrected chi connectivity index (χ1v) is 5.50. The highest BCUT2D eigenvalue weighted by molar-refractivity contribution is 5.17. The molecule has 0 aromatic carbocycles. The fraction of sp³-hybridized carbons (Fsp3) is 0.417. The molecule has 1 unspecified atom stereocenters. The van der Waals surface area contributed by atoms with Crippen LogP contribution in [0.5, 0.6) is 0 Å². The monoisotopic (exact) mass is 219 g/mol. The third-order valence-electron chi connectivity index (χ3n) is 2.74. The Labute approximate surface area is 95.1 Å². The van der Waals surface area contributed by atoms with Crippen LogP contribution in [0.1, 0.15) is 29.9 Å². The van der Waals surface area contributed by atoms with Crippen molar-refractivity contribution in [2.45, 2.75) is 25.8 Å². The van der Waals surface area contributed by atoms with Gasteiger partial charge in [-0.2, -0.15) is 5.10 Å². The number of hydrogen-bond acceptors (Lipinski definition) is 3. The molecule has 2 heterocycles. The van der Waals surface area contributed by atoms with Crippen molar-refractivity contribution in [3.8, 4) is 0 Å². The summed E-state index contributed by atoms with van der Waals surface area (Å²) in [5.74, 6) is 0. The van der Waals surface area contributed by atoms with Gasteiger partial charge in [0.15, 0.2) is 0 Å². The molecule has 0 aliphatic carbocycles. The van der Waals surface area contributed by atoms with Crippen LogP contribution in [0.3, 0.4) is 0 Å². The van der Waals surface area contributed by atoms with Crippen LogP contribution >= 0.6 is 0 Å². The molecule has 16 heavy (non-hydrogen) atoms. The van der Waals surface area contributed by atoms with E-state index in [0.717, 1.165) is 29.8 Å². The van der Waals surface area contributed by atoms with Crippen molar-refractivity contribution in [2.24, 2.45) is 12.8 Å². The van der Waals surface area contributed by atoms with Gasteiger partial charge >= 0.3 is 0 Å². The lowest BCUT2D eigenvalue weighted by Gasteiger charge is -2.10. The van der Waals surface area contributed by atoms with Crippen LogP contribution in [0.25, 0.3) is 0 Å². The molecule has 2 aromatic rings. The minimum atomic E-state index is -0.0320. The number of aryl methyl sites for hydroxylation is 2. The second-order valence-corrected chi connectivity index (χ2v) is 3.98.